The van der Waals surface area contributed by atoms with Gasteiger partial charge in [0.2, 0.25) is 5.91 Å². The molecule has 4 N–H and O–H groups in total. The van der Waals surface area contributed by atoms with Crippen LogP contribution < -0.4 is 21.1 Å². The second-order valence-corrected chi connectivity index (χ2v) is 5.10. The van der Waals surface area contributed by atoms with Gasteiger partial charge in [-0.25, -0.2) is 4.79 Å². The summed E-state index contributed by atoms with van der Waals surface area (Å²) in [6, 6.07) is 3.71. The standard InChI is InChI=1S/C14H18F3N3O3/c1-8(2)11(20-13(18)22)12(21)19-7-9-5-3-4-6-10(9)23-14(15,16)17/h3-6,8,11H,7H2,1-2H3,(H,19,21)(H3,18,20,22)/t11-/m0/s1. The van der Waals surface area contributed by atoms with Crippen LogP contribution in [0.25, 0.3) is 0 Å². The van der Waals surface area contributed by atoms with Crippen LogP contribution >= 0.6 is 0 Å². The highest BCUT2D eigenvalue weighted by molar-refractivity contribution is 5.86. The van der Waals surface area contributed by atoms with Crippen LogP contribution in [-0.4, -0.2) is 24.3 Å². The first-order valence-electron chi connectivity index (χ1n) is 6.77. The van der Waals surface area contributed by atoms with Crippen LogP contribution in [0.15, 0.2) is 24.3 Å². The van der Waals surface area contributed by atoms with E-state index in [0.29, 0.717) is 0 Å². The number of amides is 3. The van der Waals surface area contributed by atoms with Crippen LogP contribution in [0.4, 0.5) is 18.0 Å². The fraction of sp³-hybridized carbons (Fsp3) is 0.429. The van der Waals surface area contributed by atoms with E-state index < -0.39 is 30.1 Å². The lowest BCUT2D eigenvalue weighted by Gasteiger charge is -2.21. The number of primary amides is 1. The molecule has 0 radical (unpaired) electrons. The molecule has 128 valence electrons. The van der Waals surface area contributed by atoms with Gasteiger partial charge in [0.1, 0.15) is 11.8 Å². The molecule has 1 rings (SSSR count). The van der Waals surface area contributed by atoms with Gasteiger partial charge in [-0.3, -0.25) is 4.79 Å². The maximum atomic E-state index is 12.3. The predicted molar refractivity (Wildman–Crippen MR) is 76.3 cm³/mol. The number of nitrogens with two attached hydrogens (primary N) is 1. The van der Waals surface area contributed by atoms with Crippen LogP contribution in [0.3, 0.4) is 0 Å². The van der Waals surface area contributed by atoms with Crippen molar-refractivity contribution in [1.82, 2.24) is 10.6 Å². The first-order valence-corrected chi connectivity index (χ1v) is 6.77. The van der Waals surface area contributed by atoms with E-state index in [1.54, 1.807) is 13.8 Å². The van der Waals surface area contributed by atoms with Crippen LogP contribution in [0.5, 0.6) is 5.75 Å². The monoisotopic (exact) mass is 333 g/mol. The Hall–Kier alpha value is -2.45. The van der Waals surface area contributed by atoms with Crippen molar-refractivity contribution in [3.8, 4) is 5.75 Å². The maximum absolute atomic E-state index is 12.3. The zero-order valence-corrected chi connectivity index (χ0v) is 12.6. The minimum atomic E-state index is -4.83. The highest BCUT2D eigenvalue weighted by Gasteiger charge is 2.32. The molecule has 6 nitrogen and oxygen atoms in total. The molecule has 0 aliphatic rings. The number of rotatable bonds is 6. The third kappa shape index (κ3) is 6.45. The summed E-state index contributed by atoms with van der Waals surface area (Å²) in [4.78, 5) is 22.9. The molecular formula is C14H18F3N3O3. The van der Waals surface area contributed by atoms with Crippen molar-refractivity contribution in [2.45, 2.75) is 32.8 Å². The zero-order valence-electron chi connectivity index (χ0n) is 12.6. The third-order valence-electron chi connectivity index (χ3n) is 2.90. The smallest absolute Gasteiger partial charge is 0.405 e. The number of para-hydroxylation sites is 1. The quantitative estimate of drug-likeness (QED) is 0.742. The minimum Gasteiger partial charge on any atom is -0.405 e. The van der Waals surface area contributed by atoms with Crippen LogP contribution in [-0.2, 0) is 11.3 Å². The molecule has 1 aromatic rings. The molecule has 0 heterocycles. The van der Waals surface area contributed by atoms with E-state index in [-0.39, 0.29) is 18.0 Å². The molecule has 0 bridgehead atoms. The van der Waals surface area contributed by atoms with Crippen molar-refractivity contribution < 1.29 is 27.5 Å². The summed E-state index contributed by atoms with van der Waals surface area (Å²) in [5, 5.41) is 4.74. The summed E-state index contributed by atoms with van der Waals surface area (Å²) in [5.74, 6) is -1.20. The molecule has 23 heavy (non-hydrogen) atoms. The number of carbonyl (C=O) groups is 2. The number of alkyl halides is 3. The highest BCUT2D eigenvalue weighted by Crippen LogP contribution is 2.26. The fourth-order valence-electron chi connectivity index (χ4n) is 1.85. The van der Waals surface area contributed by atoms with Crippen LogP contribution in [0, 0.1) is 5.92 Å². The van der Waals surface area contributed by atoms with Crippen LogP contribution in [0.2, 0.25) is 0 Å². The molecule has 0 aliphatic carbocycles. The van der Waals surface area contributed by atoms with Crippen molar-refractivity contribution in [3.05, 3.63) is 29.8 Å². The van der Waals surface area contributed by atoms with Gasteiger partial charge in [0.15, 0.2) is 0 Å². The maximum Gasteiger partial charge on any atom is 0.573 e. The topological polar surface area (TPSA) is 93.5 Å². The number of ether oxygens (including phenoxy) is 1. The molecule has 9 heteroatoms. The Labute approximate surface area is 131 Å². The van der Waals surface area contributed by atoms with Gasteiger partial charge >= 0.3 is 12.4 Å². The van der Waals surface area contributed by atoms with E-state index in [1.165, 1.54) is 18.2 Å². The Bertz CT molecular complexity index is 562. The Morgan fingerprint density at radius 1 is 1.26 bits per heavy atom. The molecule has 0 aliphatic heterocycles. The lowest BCUT2D eigenvalue weighted by Crippen LogP contribution is -2.51. The fourth-order valence-corrected chi connectivity index (χ4v) is 1.85. The molecule has 3 amide bonds. The lowest BCUT2D eigenvalue weighted by atomic mass is 10.0. The van der Waals surface area contributed by atoms with Gasteiger partial charge < -0.3 is 21.1 Å². The number of carbonyl (C=O) groups excluding carboxylic acids is 2. The highest BCUT2D eigenvalue weighted by atomic mass is 19.4. The summed E-state index contributed by atoms with van der Waals surface area (Å²) in [5.41, 5.74) is 5.15. The van der Waals surface area contributed by atoms with Crippen molar-refractivity contribution in [2.24, 2.45) is 11.7 Å². The molecule has 1 atom stereocenters. The second-order valence-electron chi connectivity index (χ2n) is 5.10. The van der Waals surface area contributed by atoms with Crippen molar-refractivity contribution in [3.63, 3.8) is 0 Å². The molecule has 0 saturated heterocycles. The molecule has 0 spiro atoms. The van der Waals surface area contributed by atoms with E-state index in [0.717, 1.165) is 6.07 Å². The van der Waals surface area contributed by atoms with Gasteiger partial charge in [-0.05, 0) is 12.0 Å². The molecule has 1 aromatic carbocycles. The third-order valence-corrected chi connectivity index (χ3v) is 2.90. The van der Waals surface area contributed by atoms with Gasteiger partial charge in [0.25, 0.3) is 0 Å². The lowest BCUT2D eigenvalue weighted by molar-refractivity contribution is -0.274. The van der Waals surface area contributed by atoms with E-state index in [9.17, 15) is 22.8 Å². The largest absolute Gasteiger partial charge is 0.573 e. The number of halogens is 3. The Morgan fingerprint density at radius 2 is 1.87 bits per heavy atom. The van der Waals surface area contributed by atoms with Gasteiger partial charge in [-0.1, -0.05) is 32.0 Å². The molecule has 0 aromatic heterocycles. The number of hydrogen-bond donors (Lipinski definition) is 3. The summed E-state index contributed by atoms with van der Waals surface area (Å²) >= 11 is 0. The summed E-state index contributed by atoms with van der Waals surface area (Å²) in [6.07, 6.45) is -4.83. The number of nitrogens with one attached hydrogen (secondary N) is 2. The van der Waals surface area contributed by atoms with E-state index in [4.69, 9.17) is 5.73 Å². The van der Waals surface area contributed by atoms with Crippen molar-refractivity contribution in [1.29, 1.82) is 0 Å². The van der Waals surface area contributed by atoms with Gasteiger partial charge in [0.05, 0.1) is 0 Å². The Balaban J connectivity index is 2.77. The van der Waals surface area contributed by atoms with E-state index in [2.05, 4.69) is 15.4 Å². The van der Waals surface area contributed by atoms with Gasteiger partial charge in [0, 0.05) is 12.1 Å². The SMILES string of the molecule is CC(C)[C@H](NC(N)=O)C(=O)NCc1ccccc1OC(F)(F)F. The molecule has 0 unspecified atom stereocenters. The Kier molecular flexibility index (Phi) is 6.23. The van der Waals surface area contributed by atoms with Crippen molar-refractivity contribution in [2.75, 3.05) is 0 Å². The van der Waals surface area contributed by atoms with Crippen LogP contribution in [0.1, 0.15) is 19.4 Å². The zero-order chi connectivity index (χ0) is 17.6. The minimum absolute atomic E-state index is 0.153. The predicted octanol–water partition coefficient (Wildman–Crippen LogP) is 1.89. The average Bonchev–Trinajstić information content (AvgIpc) is 2.41. The first-order chi connectivity index (χ1) is 10.6. The number of urea groups is 1. The normalized spacial score (nSPS) is 12.6. The average molecular weight is 333 g/mol. The van der Waals surface area contributed by atoms with Gasteiger partial charge in [-0.2, -0.15) is 0 Å². The molecule has 0 fully saturated rings. The second kappa shape index (κ2) is 7.70. The van der Waals surface area contributed by atoms with E-state index in [1.807, 2.05) is 0 Å². The number of benzene rings is 1. The van der Waals surface area contributed by atoms with Gasteiger partial charge in [-0.15, -0.1) is 13.2 Å². The van der Waals surface area contributed by atoms with E-state index >= 15 is 0 Å². The molecule has 0 saturated carbocycles. The summed E-state index contributed by atoms with van der Waals surface area (Å²) in [7, 11) is 0. The number of hydrogen-bond acceptors (Lipinski definition) is 3. The summed E-state index contributed by atoms with van der Waals surface area (Å²) < 4.78 is 40.9. The summed E-state index contributed by atoms with van der Waals surface area (Å²) in [6.45, 7) is 3.20. The Morgan fingerprint density at radius 3 is 2.39 bits per heavy atom. The first kappa shape index (κ1) is 18.6. The van der Waals surface area contributed by atoms with Crippen molar-refractivity contribution >= 4 is 11.9 Å². The molecular weight excluding hydrogens is 315 g/mol.